The first-order chi connectivity index (χ1) is 12.3. The van der Waals surface area contributed by atoms with E-state index in [4.69, 9.17) is 0 Å². The molecular formula is C19H27N5O. The smallest absolute Gasteiger partial charge is 0.223 e. The third kappa shape index (κ3) is 4.98. The molecule has 1 saturated carbocycles. The van der Waals surface area contributed by atoms with Gasteiger partial charge in [-0.05, 0) is 36.8 Å². The van der Waals surface area contributed by atoms with Crippen LogP contribution in [0.4, 0.5) is 0 Å². The molecule has 1 heterocycles. The average Bonchev–Trinajstić information content (AvgIpc) is 3.41. The fourth-order valence-electron chi connectivity index (χ4n) is 2.87. The van der Waals surface area contributed by atoms with Crippen LogP contribution >= 0.6 is 0 Å². The maximum Gasteiger partial charge on any atom is 0.223 e. The number of hydrogen-bond donors (Lipinski definition) is 3. The number of benzene rings is 1. The Bertz CT molecular complexity index is 732. The van der Waals surface area contributed by atoms with Crippen molar-refractivity contribution in [1.82, 2.24) is 20.5 Å². The van der Waals surface area contributed by atoms with Crippen LogP contribution in [0.25, 0.3) is 10.9 Å². The van der Waals surface area contributed by atoms with Gasteiger partial charge in [-0.3, -0.25) is 9.79 Å². The molecular weight excluding hydrogens is 314 g/mol. The fraction of sp³-hybridized carbons (Fsp3) is 0.474. The number of amides is 1. The molecule has 0 unspecified atom stereocenters. The first-order valence-corrected chi connectivity index (χ1v) is 9.04. The SMILES string of the molecule is CN=C(NCCCn1ccc2ccccc21)NCCNC(=O)C1CC1. The molecule has 3 rings (SSSR count). The highest BCUT2D eigenvalue weighted by molar-refractivity contribution is 5.81. The lowest BCUT2D eigenvalue weighted by atomic mass is 10.2. The standard InChI is InChI=1S/C19H27N5O/c1-20-19(23-12-11-21-18(25)16-7-8-16)22-10-4-13-24-14-9-15-5-2-3-6-17(15)24/h2-3,5-6,9,14,16H,4,7-8,10-13H2,1H3,(H,21,25)(H2,20,22,23). The molecule has 0 spiro atoms. The minimum Gasteiger partial charge on any atom is -0.356 e. The molecule has 1 fully saturated rings. The first kappa shape index (κ1) is 17.3. The number of fused-ring (bicyclic) bond motifs is 1. The Kier molecular flexibility index (Phi) is 5.93. The quantitative estimate of drug-likeness (QED) is 0.389. The van der Waals surface area contributed by atoms with Crippen LogP contribution in [0.15, 0.2) is 41.5 Å². The van der Waals surface area contributed by atoms with Gasteiger partial charge >= 0.3 is 0 Å². The van der Waals surface area contributed by atoms with Gasteiger partial charge in [0.15, 0.2) is 5.96 Å². The van der Waals surface area contributed by atoms with Crippen LogP contribution in [-0.2, 0) is 11.3 Å². The maximum atomic E-state index is 11.5. The number of aryl methyl sites for hydroxylation is 1. The number of carbonyl (C=O) groups is 1. The summed E-state index contributed by atoms with van der Waals surface area (Å²) in [5.41, 5.74) is 1.27. The lowest BCUT2D eigenvalue weighted by molar-refractivity contribution is -0.122. The molecule has 134 valence electrons. The summed E-state index contributed by atoms with van der Waals surface area (Å²) in [6, 6.07) is 10.6. The summed E-state index contributed by atoms with van der Waals surface area (Å²) >= 11 is 0. The van der Waals surface area contributed by atoms with Gasteiger partial charge in [0.05, 0.1) is 0 Å². The van der Waals surface area contributed by atoms with E-state index in [1.54, 1.807) is 7.05 Å². The van der Waals surface area contributed by atoms with E-state index in [2.05, 4.69) is 62.0 Å². The zero-order chi connectivity index (χ0) is 17.5. The molecule has 0 radical (unpaired) electrons. The van der Waals surface area contributed by atoms with Crippen LogP contribution in [0.2, 0.25) is 0 Å². The number of guanidine groups is 1. The van der Waals surface area contributed by atoms with Crippen molar-refractivity contribution >= 4 is 22.8 Å². The first-order valence-electron chi connectivity index (χ1n) is 9.04. The van der Waals surface area contributed by atoms with Crippen molar-refractivity contribution in [2.75, 3.05) is 26.7 Å². The lowest BCUT2D eigenvalue weighted by Crippen LogP contribution is -2.42. The summed E-state index contributed by atoms with van der Waals surface area (Å²) in [5, 5.41) is 10.8. The van der Waals surface area contributed by atoms with Gasteiger partial charge in [0.2, 0.25) is 5.91 Å². The Balaban J connectivity index is 1.32. The Labute approximate surface area is 148 Å². The van der Waals surface area contributed by atoms with E-state index < -0.39 is 0 Å². The molecule has 0 aliphatic heterocycles. The van der Waals surface area contributed by atoms with Gasteiger partial charge in [-0.15, -0.1) is 0 Å². The third-order valence-corrected chi connectivity index (χ3v) is 4.44. The third-order valence-electron chi connectivity index (χ3n) is 4.44. The molecule has 1 amide bonds. The van der Waals surface area contributed by atoms with Crippen LogP contribution in [0.1, 0.15) is 19.3 Å². The number of nitrogens with zero attached hydrogens (tertiary/aromatic N) is 2. The summed E-state index contributed by atoms with van der Waals surface area (Å²) in [6.07, 6.45) is 5.23. The minimum absolute atomic E-state index is 0.184. The minimum atomic E-state index is 0.184. The summed E-state index contributed by atoms with van der Waals surface area (Å²) in [5.74, 6) is 1.23. The Morgan fingerprint density at radius 2 is 1.88 bits per heavy atom. The van der Waals surface area contributed by atoms with Gasteiger partial charge in [0.25, 0.3) is 0 Å². The second kappa shape index (κ2) is 8.55. The monoisotopic (exact) mass is 341 g/mol. The van der Waals surface area contributed by atoms with E-state index in [0.29, 0.717) is 13.1 Å². The van der Waals surface area contributed by atoms with Crippen molar-refractivity contribution in [2.45, 2.75) is 25.8 Å². The second-order valence-corrected chi connectivity index (χ2v) is 6.41. The zero-order valence-electron chi connectivity index (χ0n) is 14.8. The molecule has 0 atom stereocenters. The molecule has 6 nitrogen and oxygen atoms in total. The van der Waals surface area contributed by atoms with E-state index in [1.807, 2.05) is 0 Å². The number of nitrogens with one attached hydrogen (secondary N) is 3. The number of carbonyl (C=O) groups excluding carboxylic acids is 1. The van der Waals surface area contributed by atoms with Crippen molar-refractivity contribution in [3.63, 3.8) is 0 Å². The van der Waals surface area contributed by atoms with Crippen molar-refractivity contribution in [1.29, 1.82) is 0 Å². The molecule has 1 aromatic heterocycles. The molecule has 1 aliphatic rings. The van der Waals surface area contributed by atoms with Gasteiger partial charge in [-0.2, -0.15) is 0 Å². The number of rotatable bonds is 8. The summed E-state index contributed by atoms with van der Waals surface area (Å²) in [6.45, 7) is 3.13. The highest BCUT2D eigenvalue weighted by Crippen LogP contribution is 2.28. The molecule has 0 bridgehead atoms. The molecule has 1 aromatic carbocycles. The van der Waals surface area contributed by atoms with E-state index in [0.717, 1.165) is 38.3 Å². The van der Waals surface area contributed by atoms with Crippen molar-refractivity contribution in [3.05, 3.63) is 36.5 Å². The Morgan fingerprint density at radius 3 is 2.68 bits per heavy atom. The van der Waals surface area contributed by atoms with E-state index in [1.165, 1.54) is 10.9 Å². The second-order valence-electron chi connectivity index (χ2n) is 6.41. The van der Waals surface area contributed by atoms with Crippen LogP contribution in [0.3, 0.4) is 0 Å². The van der Waals surface area contributed by atoms with Gasteiger partial charge in [0.1, 0.15) is 0 Å². The van der Waals surface area contributed by atoms with Crippen molar-refractivity contribution in [3.8, 4) is 0 Å². The summed E-state index contributed by atoms with van der Waals surface area (Å²) in [4.78, 5) is 15.8. The fourth-order valence-corrected chi connectivity index (χ4v) is 2.87. The molecule has 0 saturated heterocycles. The predicted molar refractivity (Wildman–Crippen MR) is 102 cm³/mol. The number of aromatic nitrogens is 1. The van der Waals surface area contributed by atoms with E-state index in [-0.39, 0.29) is 11.8 Å². The average molecular weight is 341 g/mol. The molecule has 25 heavy (non-hydrogen) atoms. The number of aliphatic imine (C=N–C) groups is 1. The zero-order valence-corrected chi connectivity index (χ0v) is 14.8. The number of hydrogen-bond acceptors (Lipinski definition) is 2. The molecule has 1 aliphatic carbocycles. The van der Waals surface area contributed by atoms with E-state index >= 15 is 0 Å². The van der Waals surface area contributed by atoms with E-state index in [9.17, 15) is 4.79 Å². The molecule has 6 heteroatoms. The van der Waals surface area contributed by atoms with Gasteiger partial charge in [-0.1, -0.05) is 18.2 Å². The lowest BCUT2D eigenvalue weighted by Gasteiger charge is -2.12. The van der Waals surface area contributed by atoms with Gasteiger partial charge < -0.3 is 20.5 Å². The van der Waals surface area contributed by atoms with Gasteiger partial charge in [0, 0.05) is 50.9 Å². The molecule has 3 N–H and O–H groups in total. The Morgan fingerprint density at radius 1 is 1.12 bits per heavy atom. The van der Waals surface area contributed by atoms with Gasteiger partial charge in [-0.25, -0.2) is 0 Å². The molecule has 2 aromatic rings. The van der Waals surface area contributed by atoms with Crippen molar-refractivity contribution < 1.29 is 4.79 Å². The van der Waals surface area contributed by atoms with Crippen LogP contribution in [-0.4, -0.2) is 43.1 Å². The van der Waals surface area contributed by atoms with Crippen LogP contribution in [0.5, 0.6) is 0 Å². The Hall–Kier alpha value is -2.50. The highest BCUT2D eigenvalue weighted by atomic mass is 16.2. The normalized spacial score (nSPS) is 14.5. The van der Waals surface area contributed by atoms with Crippen molar-refractivity contribution in [2.24, 2.45) is 10.9 Å². The summed E-state index contributed by atoms with van der Waals surface area (Å²) in [7, 11) is 1.76. The van der Waals surface area contributed by atoms with Crippen LogP contribution in [0, 0.1) is 5.92 Å². The summed E-state index contributed by atoms with van der Waals surface area (Å²) < 4.78 is 2.28. The number of para-hydroxylation sites is 1. The maximum absolute atomic E-state index is 11.5. The largest absolute Gasteiger partial charge is 0.356 e. The topological polar surface area (TPSA) is 70.5 Å². The predicted octanol–water partition coefficient (Wildman–Crippen LogP) is 1.72. The van der Waals surface area contributed by atoms with Crippen LogP contribution < -0.4 is 16.0 Å². The highest BCUT2D eigenvalue weighted by Gasteiger charge is 2.28.